The predicted molar refractivity (Wildman–Crippen MR) is 63.0 cm³/mol. The Kier molecular flexibility index (Phi) is 3.60. The zero-order valence-electron chi connectivity index (χ0n) is 9.58. The number of nitrogens with one attached hydrogen (secondary N) is 1. The maximum atomic E-state index is 13.5. The zero-order chi connectivity index (χ0) is 12.1. The Bertz CT molecular complexity index is 420. The molecule has 3 nitrogen and oxygen atoms in total. The van der Waals surface area contributed by atoms with E-state index in [1.54, 1.807) is 18.2 Å². The van der Waals surface area contributed by atoms with Crippen LogP contribution in [-0.4, -0.2) is 18.8 Å². The van der Waals surface area contributed by atoms with Crippen molar-refractivity contribution in [1.29, 1.82) is 5.26 Å². The summed E-state index contributed by atoms with van der Waals surface area (Å²) in [6, 6.07) is 8.71. The molecule has 4 heteroatoms. The highest BCUT2D eigenvalue weighted by Crippen LogP contribution is 2.27. The summed E-state index contributed by atoms with van der Waals surface area (Å²) in [6.07, 6.45) is 2.07. The minimum atomic E-state index is -0.710. The average molecular weight is 234 g/mol. The SMILES string of the molecule is N#CC1(Nc2ccccc2F)CCCOCC1. The van der Waals surface area contributed by atoms with Crippen molar-refractivity contribution < 1.29 is 9.13 Å². The van der Waals surface area contributed by atoms with Crippen molar-refractivity contribution in [3.63, 3.8) is 0 Å². The number of nitrogens with zero attached hydrogens (tertiary/aromatic N) is 1. The van der Waals surface area contributed by atoms with E-state index in [0.717, 1.165) is 6.42 Å². The number of hydrogen-bond donors (Lipinski definition) is 1. The van der Waals surface area contributed by atoms with Crippen LogP contribution in [0.2, 0.25) is 0 Å². The average Bonchev–Trinajstić information content (AvgIpc) is 2.58. The summed E-state index contributed by atoms with van der Waals surface area (Å²) < 4.78 is 18.9. The smallest absolute Gasteiger partial charge is 0.146 e. The van der Waals surface area contributed by atoms with Crippen molar-refractivity contribution in [2.45, 2.75) is 24.8 Å². The molecule has 1 fully saturated rings. The van der Waals surface area contributed by atoms with Crippen molar-refractivity contribution in [3.8, 4) is 6.07 Å². The Morgan fingerprint density at radius 2 is 2.12 bits per heavy atom. The first-order valence-electron chi connectivity index (χ1n) is 5.77. The van der Waals surface area contributed by atoms with Crippen molar-refractivity contribution in [2.24, 2.45) is 0 Å². The van der Waals surface area contributed by atoms with Gasteiger partial charge in [0.15, 0.2) is 0 Å². The molecule has 17 heavy (non-hydrogen) atoms. The summed E-state index contributed by atoms with van der Waals surface area (Å²) in [5, 5.41) is 12.4. The summed E-state index contributed by atoms with van der Waals surface area (Å²) in [4.78, 5) is 0. The van der Waals surface area contributed by atoms with Crippen LogP contribution in [0, 0.1) is 17.1 Å². The van der Waals surface area contributed by atoms with Gasteiger partial charge in [-0.3, -0.25) is 0 Å². The fourth-order valence-electron chi connectivity index (χ4n) is 2.03. The fraction of sp³-hybridized carbons (Fsp3) is 0.462. The highest BCUT2D eigenvalue weighted by molar-refractivity contribution is 5.48. The first-order valence-corrected chi connectivity index (χ1v) is 5.77. The van der Waals surface area contributed by atoms with Gasteiger partial charge in [-0.1, -0.05) is 12.1 Å². The largest absolute Gasteiger partial charge is 0.381 e. The van der Waals surface area contributed by atoms with Gasteiger partial charge < -0.3 is 10.1 Å². The molecule has 1 saturated heterocycles. The van der Waals surface area contributed by atoms with Crippen LogP contribution in [0.25, 0.3) is 0 Å². The number of nitriles is 1. The van der Waals surface area contributed by atoms with Crippen LogP contribution in [0.3, 0.4) is 0 Å². The monoisotopic (exact) mass is 234 g/mol. The van der Waals surface area contributed by atoms with Crippen molar-refractivity contribution in [1.82, 2.24) is 0 Å². The van der Waals surface area contributed by atoms with E-state index >= 15 is 0 Å². The molecule has 1 unspecified atom stereocenters. The van der Waals surface area contributed by atoms with Gasteiger partial charge in [0, 0.05) is 19.6 Å². The molecule has 90 valence electrons. The number of halogens is 1. The summed E-state index contributed by atoms with van der Waals surface area (Å²) >= 11 is 0. The minimum absolute atomic E-state index is 0.327. The minimum Gasteiger partial charge on any atom is -0.381 e. The van der Waals surface area contributed by atoms with Crippen LogP contribution in [0.15, 0.2) is 24.3 Å². The van der Waals surface area contributed by atoms with Crippen molar-refractivity contribution in [3.05, 3.63) is 30.1 Å². The van der Waals surface area contributed by atoms with E-state index in [0.29, 0.717) is 31.7 Å². The number of para-hydroxylation sites is 1. The first-order chi connectivity index (χ1) is 8.26. The molecule has 1 atom stereocenters. The Labute approximate surface area is 100 Å². The Morgan fingerprint density at radius 3 is 2.88 bits per heavy atom. The van der Waals surface area contributed by atoms with Gasteiger partial charge >= 0.3 is 0 Å². The van der Waals surface area contributed by atoms with Gasteiger partial charge in [-0.25, -0.2) is 4.39 Å². The third kappa shape index (κ3) is 2.75. The molecule has 0 amide bonds. The summed E-state index contributed by atoms with van der Waals surface area (Å²) in [7, 11) is 0. The molecule has 1 aliphatic rings. The number of benzene rings is 1. The number of ether oxygens (including phenoxy) is 1. The highest BCUT2D eigenvalue weighted by Gasteiger charge is 2.31. The van der Waals surface area contributed by atoms with Crippen LogP contribution < -0.4 is 5.32 Å². The Morgan fingerprint density at radius 1 is 1.29 bits per heavy atom. The second-order valence-corrected chi connectivity index (χ2v) is 4.26. The molecule has 1 N–H and O–H groups in total. The van der Waals surface area contributed by atoms with Gasteiger partial charge in [0.25, 0.3) is 0 Å². The van der Waals surface area contributed by atoms with Gasteiger partial charge in [-0.05, 0) is 25.0 Å². The number of hydrogen-bond acceptors (Lipinski definition) is 3. The molecule has 2 rings (SSSR count). The normalized spacial score (nSPS) is 24.7. The van der Waals surface area contributed by atoms with Crippen LogP contribution in [0.1, 0.15) is 19.3 Å². The number of anilines is 1. The zero-order valence-corrected chi connectivity index (χ0v) is 9.58. The third-order valence-electron chi connectivity index (χ3n) is 3.03. The topological polar surface area (TPSA) is 45.0 Å². The molecule has 1 aromatic rings. The maximum Gasteiger partial charge on any atom is 0.146 e. The van der Waals surface area contributed by atoms with Crippen LogP contribution in [0.5, 0.6) is 0 Å². The van der Waals surface area contributed by atoms with Crippen LogP contribution >= 0.6 is 0 Å². The molecule has 1 heterocycles. The quantitative estimate of drug-likeness (QED) is 0.855. The van der Waals surface area contributed by atoms with E-state index in [9.17, 15) is 9.65 Å². The van der Waals surface area contributed by atoms with Gasteiger partial charge in [0.1, 0.15) is 11.4 Å². The lowest BCUT2D eigenvalue weighted by Crippen LogP contribution is -2.37. The second-order valence-electron chi connectivity index (χ2n) is 4.26. The van der Waals surface area contributed by atoms with E-state index in [1.165, 1.54) is 6.07 Å². The lowest BCUT2D eigenvalue weighted by Gasteiger charge is -2.27. The molecule has 1 aromatic carbocycles. The lowest BCUT2D eigenvalue weighted by atomic mass is 9.92. The lowest BCUT2D eigenvalue weighted by molar-refractivity contribution is 0.142. The molecule has 0 radical (unpaired) electrons. The van der Waals surface area contributed by atoms with Gasteiger partial charge in [-0.2, -0.15) is 5.26 Å². The molecule has 0 aromatic heterocycles. The summed E-state index contributed by atoms with van der Waals surface area (Å²) in [5.74, 6) is -0.327. The van der Waals surface area contributed by atoms with E-state index in [2.05, 4.69) is 11.4 Å². The third-order valence-corrected chi connectivity index (χ3v) is 3.03. The Hall–Kier alpha value is -1.60. The van der Waals surface area contributed by atoms with Crippen LogP contribution in [-0.2, 0) is 4.74 Å². The fourth-order valence-corrected chi connectivity index (χ4v) is 2.03. The molecular formula is C13H15FN2O. The van der Waals surface area contributed by atoms with Gasteiger partial charge in [0.2, 0.25) is 0 Å². The van der Waals surface area contributed by atoms with E-state index in [4.69, 9.17) is 4.74 Å². The standard InChI is InChI=1S/C13H15FN2O/c14-11-4-1-2-5-12(11)16-13(10-15)6-3-8-17-9-7-13/h1-2,4-5,16H,3,6-9H2. The predicted octanol–water partition coefficient (Wildman–Crippen LogP) is 2.70. The van der Waals surface area contributed by atoms with E-state index < -0.39 is 5.54 Å². The maximum absolute atomic E-state index is 13.5. The number of rotatable bonds is 2. The van der Waals surface area contributed by atoms with Gasteiger partial charge in [-0.15, -0.1) is 0 Å². The summed E-state index contributed by atoms with van der Waals surface area (Å²) in [5.41, 5.74) is -0.324. The first kappa shape index (κ1) is 11.9. The molecule has 0 aliphatic carbocycles. The van der Waals surface area contributed by atoms with Crippen molar-refractivity contribution >= 4 is 5.69 Å². The highest BCUT2D eigenvalue weighted by atomic mass is 19.1. The molecule has 0 saturated carbocycles. The second kappa shape index (κ2) is 5.15. The van der Waals surface area contributed by atoms with Crippen LogP contribution in [0.4, 0.5) is 10.1 Å². The van der Waals surface area contributed by atoms with Gasteiger partial charge in [0.05, 0.1) is 11.8 Å². The molecule has 0 bridgehead atoms. The van der Waals surface area contributed by atoms with E-state index in [1.807, 2.05) is 0 Å². The molecule has 0 spiro atoms. The summed E-state index contributed by atoms with van der Waals surface area (Å²) in [6.45, 7) is 1.21. The molecular weight excluding hydrogens is 219 g/mol. The van der Waals surface area contributed by atoms with Crippen molar-refractivity contribution in [2.75, 3.05) is 18.5 Å². The van der Waals surface area contributed by atoms with E-state index in [-0.39, 0.29) is 5.82 Å². The molecule has 1 aliphatic heterocycles. The Balaban J connectivity index is 2.19.